The number of nitrogen functional groups attached to an aromatic ring is 1. The largest absolute Gasteiger partial charge is 0.461 e. The predicted octanol–water partition coefficient (Wildman–Crippen LogP) is 0.294. The van der Waals surface area contributed by atoms with Gasteiger partial charge in [-0.15, -0.1) is 0 Å². The van der Waals surface area contributed by atoms with E-state index in [0.717, 1.165) is 4.90 Å². The molecule has 0 radical (unpaired) electrons. The standard InChI is InChI=1S/C16H21I3N2O7/c1-7(24)28-6-10-12(17)11(14(19)15(20)13(10)18)16(27)21(2-8(25)4-22)3-9(26)5-23/h8-9,22-23,25-26H,2-6,20H2,1H3. The molecule has 12 heteroatoms. The van der Waals surface area contributed by atoms with Gasteiger partial charge in [-0.25, -0.2) is 0 Å². The van der Waals surface area contributed by atoms with Gasteiger partial charge in [-0.05, 0) is 67.8 Å². The lowest BCUT2D eigenvalue weighted by Crippen LogP contribution is -2.44. The monoisotopic (exact) mass is 734 g/mol. The molecule has 1 aromatic carbocycles. The lowest BCUT2D eigenvalue weighted by Gasteiger charge is -2.28. The van der Waals surface area contributed by atoms with Crippen LogP contribution in [-0.4, -0.2) is 75.7 Å². The molecule has 1 aromatic rings. The fourth-order valence-electron chi connectivity index (χ4n) is 2.25. The Kier molecular flexibility index (Phi) is 11.1. The topological polar surface area (TPSA) is 154 Å². The fourth-order valence-corrected chi connectivity index (χ4v) is 6.19. The fraction of sp³-hybridized carbons (Fsp3) is 0.500. The van der Waals surface area contributed by atoms with Gasteiger partial charge < -0.3 is 35.8 Å². The molecule has 0 heterocycles. The summed E-state index contributed by atoms with van der Waals surface area (Å²) in [5.74, 6) is -1.02. The number of halogens is 3. The molecule has 2 atom stereocenters. The lowest BCUT2D eigenvalue weighted by molar-refractivity contribution is -0.142. The van der Waals surface area contributed by atoms with Crippen LogP contribution >= 0.6 is 67.8 Å². The first-order valence-electron chi connectivity index (χ1n) is 8.00. The highest BCUT2D eigenvalue weighted by Gasteiger charge is 2.29. The number of carbonyl (C=O) groups is 2. The Labute approximate surface area is 203 Å². The number of benzene rings is 1. The predicted molar refractivity (Wildman–Crippen MR) is 127 cm³/mol. The van der Waals surface area contributed by atoms with E-state index in [1.54, 1.807) is 0 Å². The third-order valence-electron chi connectivity index (χ3n) is 3.65. The zero-order valence-electron chi connectivity index (χ0n) is 14.9. The maximum atomic E-state index is 13.2. The number of aliphatic hydroxyl groups is 4. The number of rotatable bonds is 9. The molecule has 0 aliphatic heterocycles. The number of aliphatic hydroxyl groups excluding tert-OH is 4. The zero-order chi connectivity index (χ0) is 21.6. The van der Waals surface area contributed by atoms with Crippen molar-refractivity contribution in [2.24, 2.45) is 0 Å². The van der Waals surface area contributed by atoms with Crippen LogP contribution in [0.5, 0.6) is 0 Å². The molecule has 158 valence electrons. The van der Waals surface area contributed by atoms with E-state index in [0.29, 0.717) is 22.0 Å². The first-order valence-corrected chi connectivity index (χ1v) is 11.2. The van der Waals surface area contributed by atoms with Crippen LogP contribution in [0.15, 0.2) is 0 Å². The van der Waals surface area contributed by atoms with Gasteiger partial charge in [0.1, 0.15) is 6.61 Å². The number of nitrogens with two attached hydrogens (primary N) is 1. The summed E-state index contributed by atoms with van der Waals surface area (Å²) in [6.07, 6.45) is -2.43. The van der Waals surface area contributed by atoms with Crippen molar-refractivity contribution in [1.82, 2.24) is 4.90 Å². The third kappa shape index (κ3) is 6.76. The molecule has 0 aliphatic carbocycles. The lowest BCUT2D eigenvalue weighted by atomic mass is 10.1. The van der Waals surface area contributed by atoms with E-state index in [4.69, 9.17) is 20.7 Å². The molecule has 0 saturated heterocycles. The van der Waals surface area contributed by atoms with Crippen molar-refractivity contribution in [1.29, 1.82) is 0 Å². The quantitative estimate of drug-likeness (QED) is 0.138. The summed E-state index contributed by atoms with van der Waals surface area (Å²) in [7, 11) is 0. The first-order chi connectivity index (χ1) is 13.0. The van der Waals surface area contributed by atoms with Crippen LogP contribution in [-0.2, 0) is 16.1 Å². The summed E-state index contributed by atoms with van der Waals surface area (Å²) < 4.78 is 6.72. The number of anilines is 1. The number of nitrogens with zero attached hydrogens (tertiary/aromatic N) is 1. The average molecular weight is 734 g/mol. The second-order valence-corrected chi connectivity index (χ2v) is 9.11. The van der Waals surface area contributed by atoms with E-state index in [-0.39, 0.29) is 25.3 Å². The van der Waals surface area contributed by atoms with Crippen molar-refractivity contribution in [3.05, 3.63) is 21.8 Å². The Bertz CT molecular complexity index is 721. The Morgan fingerprint density at radius 2 is 1.54 bits per heavy atom. The van der Waals surface area contributed by atoms with Gasteiger partial charge in [-0.1, -0.05) is 0 Å². The van der Waals surface area contributed by atoms with E-state index in [9.17, 15) is 19.8 Å². The normalized spacial score (nSPS) is 13.1. The number of carbonyl (C=O) groups excluding carboxylic acids is 2. The van der Waals surface area contributed by atoms with Gasteiger partial charge in [0.2, 0.25) is 0 Å². The minimum Gasteiger partial charge on any atom is -0.461 e. The Morgan fingerprint density at radius 1 is 1.04 bits per heavy atom. The maximum Gasteiger partial charge on any atom is 0.302 e. The molecule has 9 nitrogen and oxygen atoms in total. The minimum absolute atomic E-state index is 0.0637. The summed E-state index contributed by atoms with van der Waals surface area (Å²) in [4.78, 5) is 25.5. The zero-order valence-corrected chi connectivity index (χ0v) is 21.3. The highest BCUT2D eigenvalue weighted by Crippen LogP contribution is 2.35. The van der Waals surface area contributed by atoms with Crippen LogP contribution in [0.25, 0.3) is 0 Å². The van der Waals surface area contributed by atoms with Crippen molar-refractivity contribution in [3.8, 4) is 0 Å². The van der Waals surface area contributed by atoms with Crippen molar-refractivity contribution in [2.45, 2.75) is 25.7 Å². The second kappa shape index (κ2) is 12.0. The summed E-state index contributed by atoms with van der Waals surface area (Å²) in [6.45, 7) is -0.422. The molecule has 0 bridgehead atoms. The first kappa shape index (κ1) is 26.0. The second-order valence-electron chi connectivity index (χ2n) is 5.87. The average Bonchev–Trinajstić information content (AvgIpc) is 2.65. The Balaban J connectivity index is 3.43. The highest BCUT2D eigenvalue weighted by atomic mass is 127. The van der Waals surface area contributed by atoms with Gasteiger partial charge in [-0.3, -0.25) is 9.59 Å². The van der Waals surface area contributed by atoms with Crippen molar-refractivity contribution >= 4 is 85.3 Å². The summed E-state index contributed by atoms with van der Waals surface area (Å²) >= 11 is 5.91. The number of esters is 1. The van der Waals surface area contributed by atoms with E-state index >= 15 is 0 Å². The third-order valence-corrected chi connectivity index (χ3v) is 7.19. The van der Waals surface area contributed by atoms with Crippen molar-refractivity contribution < 1.29 is 34.8 Å². The summed E-state index contributed by atoms with van der Waals surface area (Å²) in [5, 5.41) is 37.8. The molecule has 0 aliphatic rings. The van der Waals surface area contributed by atoms with Crippen LogP contribution in [0.1, 0.15) is 22.8 Å². The van der Waals surface area contributed by atoms with Gasteiger partial charge in [0.25, 0.3) is 5.91 Å². The van der Waals surface area contributed by atoms with E-state index in [1.165, 1.54) is 6.92 Å². The van der Waals surface area contributed by atoms with Crippen LogP contribution in [0.4, 0.5) is 5.69 Å². The van der Waals surface area contributed by atoms with Crippen molar-refractivity contribution in [2.75, 3.05) is 32.0 Å². The van der Waals surface area contributed by atoms with Gasteiger partial charge in [0.05, 0.1) is 40.2 Å². The van der Waals surface area contributed by atoms with Crippen molar-refractivity contribution in [3.63, 3.8) is 0 Å². The molecule has 0 saturated carbocycles. The van der Waals surface area contributed by atoms with Crippen LogP contribution in [0.3, 0.4) is 0 Å². The molecule has 6 N–H and O–H groups in total. The summed E-state index contributed by atoms with van der Waals surface area (Å²) in [6, 6.07) is 0. The Hall–Kier alpha value is -0.0100. The van der Waals surface area contributed by atoms with Crippen LogP contribution in [0, 0.1) is 10.7 Å². The Morgan fingerprint density at radius 3 is 1.96 bits per heavy atom. The van der Waals surface area contributed by atoms with Crippen LogP contribution < -0.4 is 5.73 Å². The number of amides is 1. The molecule has 0 spiro atoms. The molecular formula is C16H21I3N2O7. The molecule has 2 unspecified atom stereocenters. The molecule has 28 heavy (non-hydrogen) atoms. The highest BCUT2D eigenvalue weighted by molar-refractivity contribution is 14.1. The van der Waals surface area contributed by atoms with Gasteiger partial charge in [0, 0.05) is 32.7 Å². The number of hydrogen-bond acceptors (Lipinski definition) is 8. The van der Waals surface area contributed by atoms with E-state index in [1.807, 2.05) is 67.8 Å². The molecule has 0 fully saturated rings. The van der Waals surface area contributed by atoms with Gasteiger partial charge >= 0.3 is 5.97 Å². The van der Waals surface area contributed by atoms with Gasteiger partial charge in [0.15, 0.2) is 0 Å². The maximum absolute atomic E-state index is 13.2. The smallest absolute Gasteiger partial charge is 0.302 e. The number of ether oxygens (including phenoxy) is 1. The molecular weight excluding hydrogens is 713 g/mol. The van der Waals surface area contributed by atoms with E-state index in [2.05, 4.69) is 0 Å². The number of hydrogen-bond donors (Lipinski definition) is 5. The van der Waals surface area contributed by atoms with E-state index < -0.39 is 37.3 Å². The molecule has 1 rings (SSSR count). The van der Waals surface area contributed by atoms with Crippen LogP contribution in [0.2, 0.25) is 0 Å². The summed E-state index contributed by atoms with van der Waals surface area (Å²) in [5.41, 5.74) is 7.29. The molecule has 0 aromatic heterocycles. The van der Waals surface area contributed by atoms with Gasteiger partial charge in [-0.2, -0.15) is 0 Å². The molecule has 1 amide bonds. The minimum atomic E-state index is -1.22. The SMILES string of the molecule is CC(=O)OCc1c(I)c(N)c(I)c(C(=O)N(CC(O)CO)CC(O)CO)c1I.